The van der Waals surface area contributed by atoms with Crippen LogP contribution in [-0.2, 0) is 0 Å². The van der Waals surface area contributed by atoms with Gasteiger partial charge in [0.05, 0.1) is 10.7 Å². The number of aliphatic imine (C=N–C) groups is 1. The van der Waals surface area contributed by atoms with E-state index in [0.717, 1.165) is 22.1 Å². The molecular formula is C11H10FNS. The molecule has 0 aromatic heterocycles. The Morgan fingerprint density at radius 3 is 2.64 bits per heavy atom. The number of hydrogen-bond acceptors (Lipinski definition) is 2. The molecule has 1 heterocycles. The summed E-state index contributed by atoms with van der Waals surface area (Å²) < 4.78 is 12.7. The molecule has 14 heavy (non-hydrogen) atoms. The van der Waals surface area contributed by atoms with E-state index in [1.165, 1.54) is 12.1 Å². The van der Waals surface area contributed by atoms with Gasteiger partial charge in [0.25, 0.3) is 0 Å². The van der Waals surface area contributed by atoms with Gasteiger partial charge in [-0.05, 0) is 37.3 Å². The molecule has 1 aliphatic heterocycles. The molecule has 0 fully saturated rings. The van der Waals surface area contributed by atoms with Crippen molar-refractivity contribution >= 4 is 22.5 Å². The third-order valence-corrected chi connectivity index (χ3v) is 2.83. The van der Waals surface area contributed by atoms with Gasteiger partial charge in [0.15, 0.2) is 0 Å². The number of benzene rings is 1. The Morgan fingerprint density at radius 2 is 2.00 bits per heavy atom. The number of nitrogens with zero attached hydrogens (tertiary/aromatic N) is 1. The second-order valence-corrected chi connectivity index (χ2v) is 4.25. The molecule has 0 unspecified atom stereocenters. The molecule has 1 aromatic rings. The first-order valence-electron chi connectivity index (χ1n) is 4.40. The quantitative estimate of drug-likeness (QED) is 0.688. The Morgan fingerprint density at radius 1 is 1.29 bits per heavy atom. The number of hydrogen-bond donors (Lipinski definition) is 0. The Hall–Kier alpha value is -1.09. The van der Waals surface area contributed by atoms with Crippen molar-refractivity contribution in [2.75, 3.05) is 5.75 Å². The topological polar surface area (TPSA) is 12.4 Å². The average Bonchev–Trinajstić information content (AvgIpc) is 2.19. The van der Waals surface area contributed by atoms with E-state index >= 15 is 0 Å². The zero-order chi connectivity index (χ0) is 9.97. The first-order valence-corrected chi connectivity index (χ1v) is 5.38. The highest BCUT2D eigenvalue weighted by Gasteiger charge is 2.05. The van der Waals surface area contributed by atoms with Gasteiger partial charge in [-0.3, -0.25) is 0 Å². The Kier molecular flexibility index (Phi) is 2.68. The highest BCUT2D eigenvalue weighted by Crippen LogP contribution is 2.23. The monoisotopic (exact) mass is 207 g/mol. The van der Waals surface area contributed by atoms with Crippen LogP contribution >= 0.6 is 11.8 Å². The van der Waals surface area contributed by atoms with Crippen molar-refractivity contribution in [3.63, 3.8) is 0 Å². The fourth-order valence-corrected chi connectivity index (χ4v) is 1.94. The van der Waals surface area contributed by atoms with E-state index in [1.807, 2.05) is 6.92 Å². The lowest BCUT2D eigenvalue weighted by molar-refractivity contribution is 0.627. The first kappa shape index (κ1) is 9.46. The van der Waals surface area contributed by atoms with Crippen molar-refractivity contribution < 1.29 is 4.39 Å². The second-order valence-electron chi connectivity index (χ2n) is 3.04. The van der Waals surface area contributed by atoms with Crippen molar-refractivity contribution in [2.24, 2.45) is 4.99 Å². The fourth-order valence-electron chi connectivity index (χ4n) is 1.29. The molecule has 0 radical (unpaired) electrons. The van der Waals surface area contributed by atoms with E-state index in [1.54, 1.807) is 23.9 Å². The molecular weight excluding hydrogens is 197 g/mol. The molecule has 3 heteroatoms. The van der Waals surface area contributed by atoms with Crippen molar-refractivity contribution in [2.45, 2.75) is 6.92 Å². The lowest BCUT2D eigenvalue weighted by Crippen LogP contribution is -1.95. The summed E-state index contributed by atoms with van der Waals surface area (Å²) in [5.74, 6) is 0.738. The lowest BCUT2D eigenvalue weighted by atomic mass is 10.1. The summed E-state index contributed by atoms with van der Waals surface area (Å²) in [6, 6.07) is 6.44. The minimum Gasteiger partial charge on any atom is -0.247 e. The number of thioether (sulfide) groups is 1. The molecule has 0 aliphatic carbocycles. The highest BCUT2D eigenvalue weighted by atomic mass is 32.2. The minimum atomic E-state index is -0.208. The van der Waals surface area contributed by atoms with Gasteiger partial charge in [0.2, 0.25) is 0 Å². The Bertz CT molecular complexity index is 392. The van der Waals surface area contributed by atoms with Crippen molar-refractivity contribution in [3.8, 4) is 0 Å². The van der Waals surface area contributed by atoms with Crippen LogP contribution in [0.15, 0.2) is 35.3 Å². The summed E-state index contributed by atoms with van der Waals surface area (Å²) in [4.78, 5) is 4.40. The molecule has 72 valence electrons. The lowest BCUT2D eigenvalue weighted by Gasteiger charge is -2.09. The first-order chi connectivity index (χ1) is 6.75. The third kappa shape index (κ3) is 2.04. The van der Waals surface area contributed by atoms with Gasteiger partial charge in [-0.1, -0.05) is 0 Å². The largest absolute Gasteiger partial charge is 0.247 e. The van der Waals surface area contributed by atoms with E-state index in [9.17, 15) is 4.39 Å². The van der Waals surface area contributed by atoms with E-state index in [4.69, 9.17) is 0 Å². The van der Waals surface area contributed by atoms with Crippen LogP contribution in [0.3, 0.4) is 0 Å². The maximum absolute atomic E-state index is 12.7. The Labute approximate surface area is 86.7 Å². The summed E-state index contributed by atoms with van der Waals surface area (Å²) >= 11 is 1.72. The summed E-state index contributed by atoms with van der Waals surface area (Å²) in [5, 5.41) is 1.06. The molecule has 2 rings (SSSR count). The summed E-state index contributed by atoms with van der Waals surface area (Å²) in [6.45, 7) is 1.99. The highest BCUT2D eigenvalue weighted by molar-refractivity contribution is 8.14. The van der Waals surface area contributed by atoms with Crippen LogP contribution in [-0.4, -0.2) is 10.8 Å². The molecule has 1 aromatic carbocycles. The predicted molar refractivity (Wildman–Crippen MR) is 59.9 cm³/mol. The molecule has 0 amide bonds. The van der Waals surface area contributed by atoms with Crippen molar-refractivity contribution in [3.05, 3.63) is 41.7 Å². The van der Waals surface area contributed by atoms with E-state index in [2.05, 4.69) is 11.1 Å². The molecule has 1 aliphatic rings. The van der Waals surface area contributed by atoms with Crippen LogP contribution in [0.25, 0.3) is 5.70 Å². The zero-order valence-electron chi connectivity index (χ0n) is 7.83. The van der Waals surface area contributed by atoms with Crippen LogP contribution in [0.2, 0.25) is 0 Å². The van der Waals surface area contributed by atoms with Gasteiger partial charge in [0, 0.05) is 11.3 Å². The standard InChI is InChI=1S/C11H10FNS/c1-8-13-11(6-7-14-8)9-2-4-10(12)5-3-9/h2-6H,7H2,1H3. The van der Waals surface area contributed by atoms with Gasteiger partial charge >= 0.3 is 0 Å². The van der Waals surface area contributed by atoms with E-state index < -0.39 is 0 Å². The summed E-state index contributed by atoms with van der Waals surface area (Å²) in [5.41, 5.74) is 1.92. The number of rotatable bonds is 1. The van der Waals surface area contributed by atoms with Crippen LogP contribution in [0, 0.1) is 5.82 Å². The van der Waals surface area contributed by atoms with Crippen LogP contribution in [0.1, 0.15) is 12.5 Å². The van der Waals surface area contributed by atoms with Gasteiger partial charge in [-0.25, -0.2) is 9.38 Å². The molecule has 1 nitrogen and oxygen atoms in total. The summed E-state index contributed by atoms with van der Waals surface area (Å²) in [6.07, 6.45) is 2.06. The van der Waals surface area contributed by atoms with Crippen LogP contribution in [0.5, 0.6) is 0 Å². The Balaban J connectivity index is 2.32. The molecule has 0 saturated carbocycles. The molecule has 0 N–H and O–H groups in total. The van der Waals surface area contributed by atoms with Crippen molar-refractivity contribution in [1.29, 1.82) is 0 Å². The zero-order valence-corrected chi connectivity index (χ0v) is 8.64. The van der Waals surface area contributed by atoms with Gasteiger partial charge in [-0.15, -0.1) is 11.8 Å². The SMILES string of the molecule is CC1=NC(c2ccc(F)cc2)=CCS1. The molecule has 0 saturated heterocycles. The van der Waals surface area contributed by atoms with E-state index in [-0.39, 0.29) is 5.82 Å². The van der Waals surface area contributed by atoms with Crippen LogP contribution in [0.4, 0.5) is 4.39 Å². The molecule has 0 bridgehead atoms. The fraction of sp³-hybridized carbons (Fsp3) is 0.182. The third-order valence-electron chi connectivity index (χ3n) is 1.99. The maximum atomic E-state index is 12.7. The maximum Gasteiger partial charge on any atom is 0.123 e. The average molecular weight is 207 g/mol. The van der Waals surface area contributed by atoms with E-state index in [0.29, 0.717) is 0 Å². The van der Waals surface area contributed by atoms with Gasteiger partial charge < -0.3 is 0 Å². The minimum absolute atomic E-state index is 0.208. The van der Waals surface area contributed by atoms with Crippen LogP contribution < -0.4 is 0 Å². The smallest absolute Gasteiger partial charge is 0.123 e. The van der Waals surface area contributed by atoms with Gasteiger partial charge in [0.1, 0.15) is 5.82 Å². The van der Waals surface area contributed by atoms with Gasteiger partial charge in [-0.2, -0.15) is 0 Å². The predicted octanol–water partition coefficient (Wildman–Crippen LogP) is 3.33. The van der Waals surface area contributed by atoms with Crippen molar-refractivity contribution in [1.82, 2.24) is 0 Å². The molecule has 0 spiro atoms. The normalized spacial score (nSPS) is 16.1. The number of halogens is 1. The molecule has 0 atom stereocenters. The summed E-state index contributed by atoms with van der Waals surface area (Å²) in [7, 11) is 0. The second kappa shape index (κ2) is 3.96.